The van der Waals surface area contributed by atoms with Gasteiger partial charge in [-0.15, -0.1) is 11.8 Å². The van der Waals surface area contributed by atoms with Crippen LogP contribution in [0.5, 0.6) is 0 Å². The van der Waals surface area contributed by atoms with Crippen molar-refractivity contribution in [1.29, 1.82) is 0 Å². The van der Waals surface area contributed by atoms with Gasteiger partial charge in [-0.25, -0.2) is 0 Å². The molecule has 4 nitrogen and oxygen atoms in total. The summed E-state index contributed by atoms with van der Waals surface area (Å²) in [7, 11) is 0. The van der Waals surface area contributed by atoms with Crippen molar-refractivity contribution in [1.82, 2.24) is 0 Å². The van der Waals surface area contributed by atoms with Crippen LogP contribution in [0.15, 0.2) is 24.3 Å². The molecule has 0 fully saturated rings. The van der Waals surface area contributed by atoms with Gasteiger partial charge in [-0.05, 0) is 25.8 Å². The van der Waals surface area contributed by atoms with E-state index >= 15 is 0 Å². The summed E-state index contributed by atoms with van der Waals surface area (Å²) in [5.41, 5.74) is 0. The summed E-state index contributed by atoms with van der Waals surface area (Å²) in [5, 5.41) is 27.3. The lowest BCUT2D eigenvalue weighted by atomic mass is 10.1. The second kappa shape index (κ2) is 12.0. The third-order valence-corrected chi connectivity index (χ3v) is 2.23. The Labute approximate surface area is 119 Å². The topological polar surface area (TPSA) is 77.8 Å². The first-order valence-electron chi connectivity index (χ1n) is 6.38. The number of carbonyl (C=O) groups is 1. The Morgan fingerprint density at radius 3 is 2.70 bits per heavy atom. The Balaban J connectivity index is 3.93. The van der Waals surface area contributed by atoms with Gasteiger partial charge in [0.1, 0.15) is 6.10 Å². The van der Waals surface area contributed by atoms with Gasteiger partial charge in [0, 0.05) is 12.8 Å². The van der Waals surface area contributed by atoms with Gasteiger partial charge in [0.15, 0.2) is 0 Å². The van der Waals surface area contributed by atoms with Gasteiger partial charge in [0.2, 0.25) is 0 Å². The molecule has 0 spiro atoms. The molecule has 0 aromatic carbocycles. The lowest BCUT2D eigenvalue weighted by molar-refractivity contribution is -0.137. The molecule has 0 unspecified atom stereocenters. The van der Waals surface area contributed by atoms with Crippen molar-refractivity contribution in [2.75, 3.05) is 0 Å². The van der Waals surface area contributed by atoms with E-state index in [4.69, 9.17) is 5.11 Å². The molecule has 0 amide bonds. The van der Waals surface area contributed by atoms with E-state index in [1.807, 2.05) is 0 Å². The first-order valence-corrected chi connectivity index (χ1v) is 6.38. The fourth-order valence-electron chi connectivity index (χ4n) is 1.23. The van der Waals surface area contributed by atoms with E-state index in [1.165, 1.54) is 0 Å². The second-order valence-electron chi connectivity index (χ2n) is 4.03. The number of hydrogen-bond donors (Lipinski definition) is 3. The molecule has 0 bridgehead atoms. The third kappa shape index (κ3) is 12.4. The minimum atomic E-state index is -0.874. The van der Waals surface area contributed by atoms with Crippen LogP contribution in [0.1, 0.15) is 32.6 Å². The van der Waals surface area contributed by atoms with E-state index in [0.29, 0.717) is 19.3 Å². The van der Waals surface area contributed by atoms with Crippen LogP contribution in [0.2, 0.25) is 0 Å². The Kier molecular flexibility index (Phi) is 10.8. The van der Waals surface area contributed by atoms with Crippen LogP contribution in [0, 0.1) is 23.7 Å². The van der Waals surface area contributed by atoms with Crippen LogP contribution in [0.3, 0.4) is 0 Å². The molecule has 20 heavy (non-hydrogen) atoms. The summed E-state index contributed by atoms with van der Waals surface area (Å²) in [6, 6.07) is 0. The molecule has 0 saturated carbocycles. The summed E-state index contributed by atoms with van der Waals surface area (Å²) in [6.07, 6.45) is 6.24. The fourth-order valence-corrected chi connectivity index (χ4v) is 1.23. The molecule has 0 aromatic rings. The molecule has 0 saturated heterocycles. The summed E-state index contributed by atoms with van der Waals surface area (Å²) in [4.78, 5) is 10.3. The maximum absolute atomic E-state index is 10.3. The number of carboxylic acids is 1. The van der Waals surface area contributed by atoms with Crippen molar-refractivity contribution in [2.24, 2.45) is 0 Å². The minimum Gasteiger partial charge on any atom is -0.481 e. The van der Waals surface area contributed by atoms with Crippen LogP contribution >= 0.6 is 0 Å². The van der Waals surface area contributed by atoms with E-state index in [9.17, 15) is 15.0 Å². The van der Waals surface area contributed by atoms with Gasteiger partial charge in [-0.1, -0.05) is 30.1 Å². The predicted octanol–water partition coefficient (Wildman–Crippen LogP) is 1.49. The zero-order valence-corrected chi connectivity index (χ0v) is 11.5. The van der Waals surface area contributed by atoms with E-state index in [0.717, 1.165) is 0 Å². The largest absolute Gasteiger partial charge is 0.481 e. The van der Waals surface area contributed by atoms with E-state index in [1.54, 1.807) is 31.2 Å². The van der Waals surface area contributed by atoms with Gasteiger partial charge in [0.25, 0.3) is 0 Å². The predicted molar refractivity (Wildman–Crippen MR) is 77.6 cm³/mol. The molecule has 3 N–H and O–H groups in total. The smallest absolute Gasteiger partial charge is 0.303 e. The van der Waals surface area contributed by atoms with Crippen LogP contribution in [-0.2, 0) is 4.79 Å². The van der Waals surface area contributed by atoms with Crippen LogP contribution in [-0.4, -0.2) is 33.5 Å². The number of rotatable bonds is 7. The van der Waals surface area contributed by atoms with E-state index in [2.05, 4.69) is 23.7 Å². The molecule has 2 atom stereocenters. The van der Waals surface area contributed by atoms with Crippen LogP contribution < -0.4 is 0 Å². The molecule has 0 heterocycles. The summed E-state index contributed by atoms with van der Waals surface area (Å²) in [6.45, 7) is 1.72. The number of carboxylic acid groups (broad SMARTS) is 1. The Morgan fingerprint density at radius 2 is 2.05 bits per heavy atom. The standard InChI is InChI=1S/C16H20O4/c1-2-3-9-14(17)10-6-4-5-7-11-15(18)12-8-13-16(19)20/h4-6,10,14-15,17-18H,8-9,12-13H2,1H3,(H,19,20)/b5-4+,10-6+/t14-,15-/m1/s1. The highest BCUT2D eigenvalue weighted by Gasteiger charge is 2.01. The Morgan fingerprint density at radius 1 is 1.30 bits per heavy atom. The molecule has 0 aromatic heterocycles. The van der Waals surface area contributed by atoms with Gasteiger partial charge in [-0.3, -0.25) is 4.79 Å². The average Bonchev–Trinajstić information content (AvgIpc) is 2.39. The Hall–Kier alpha value is -2.01. The normalized spacial score (nSPS) is 13.3. The fraction of sp³-hybridized carbons (Fsp3) is 0.438. The Bertz CT molecular complexity index is 454. The zero-order valence-electron chi connectivity index (χ0n) is 11.5. The number of aliphatic carboxylic acids is 1. The van der Waals surface area contributed by atoms with Crippen molar-refractivity contribution < 1.29 is 20.1 Å². The van der Waals surface area contributed by atoms with Crippen molar-refractivity contribution in [3.8, 4) is 23.7 Å². The number of allylic oxidation sites excluding steroid dienone is 3. The highest BCUT2D eigenvalue weighted by Crippen LogP contribution is 1.99. The maximum atomic E-state index is 10.3. The van der Waals surface area contributed by atoms with Gasteiger partial charge >= 0.3 is 5.97 Å². The maximum Gasteiger partial charge on any atom is 0.303 e. The van der Waals surface area contributed by atoms with Gasteiger partial charge < -0.3 is 15.3 Å². The molecular formula is C16H20O4. The number of aliphatic hydroxyl groups excluding tert-OH is 2. The molecule has 0 rings (SSSR count). The van der Waals surface area contributed by atoms with Gasteiger partial charge in [0.05, 0.1) is 6.10 Å². The zero-order chi connectivity index (χ0) is 15.2. The highest BCUT2D eigenvalue weighted by atomic mass is 16.4. The van der Waals surface area contributed by atoms with Crippen molar-refractivity contribution in [3.05, 3.63) is 24.3 Å². The summed E-state index contributed by atoms with van der Waals surface area (Å²) >= 11 is 0. The molecular weight excluding hydrogens is 256 g/mol. The first-order chi connectivity index (χ1) is 9.56. The molecule has 0 aliphatic rings. The van der Waals surface area contributed by atoms with Crippen LogP contribution in [0.4, 0.5) is 0 Å². The SMILES string of the molecule is CC#CC[C@@H](O)/C=C/C=C/C#C[C@@H](O)CCCC(=O)O. The van der Waals surface area contributed by atoms with Crippen molar-refractivity contribution in [2.45, 2.75) is 44.8 Å². The van der Waals surface area contributed by atoms with Gasteiger partial charge in [-0.2, -0.15) is 0 Å². The van der Waals surface area contributed by atoms with Crippen molar-refractivity contribution in [3.63, 3.8) is 0 Å². The molecule has 108 valence electrons. The monoisotopic (exact) mass is 276 g/mol. The lowest BCUT2D eigenvalue weighted by Gasteiger charge is -1.99. The average molecular weight is 276 g/mol. The summed E-state index contributed by atoms with van der Waals surface area (Å²) in [5.74, 6) is 9.82. The van der Waals surface area contributed by atoms with Crippen LogP contribution in [0.25, 0.3) is 0 Å². The molecule has 0 aliphatic heterocycles. The number of aliphatic hydroxyl groups is 2. The minimum absolute atomic E-state index is 0.0376. The quantitative estimate of drug-likeness (QED) is 0.486. The molecule has 0 radical (unpaired) electrons. The first kappa shape index (κ1) is 18.0. The third-order valence-electron chi connectivity index (χ3n) is 2.23. The van der Waals surface area contributed by atoms with E-state index in [-0.39, 0.29) is 6.42 Å². The van der Waals surface area contributed by atoms with Crippen molar-refractivity contribution >= 4 is 5.97 Å². The number of hydrogen-bond acceptors (Lipinski definition) is 3. The highest BCUT2D eigenvalue weighted by molar-refractivity contribution is 5.66. The lowest BCUT2D eigenvalue weighted by Crippen LogP contribution is -2.04. The second-order valence-corrected chi connectivity index (χ2v) is 4.03. The molecule has 0 aliphatic carbocycles. The molecule has 4 heteroatoms. The van der Waals surface area contributed by atoms with E-state index < -0.39 is 18.2 Å². The summed E-state index contributed by atoms with van der Waals surface area (Å²) < 4.78 is 0.